The van der Waals surface area contributed by atoms with Crippen molar-refractivity contribution >= 4 is 5.91 Å². The van der Waals surface area contributed by atoms with Crippen LogP contribution in [0, 0.1) is 0 Å². The SMILES string of the molecule is CN(CCO)C(=O)c1ccc[nH]c1=O. The van der Waals surface area contributed by atoms with E-state index in [4.69, 9.17) is 5.11 Å². The molecule has 0 aromatic carbocycles. The Morgan fingerprint density at radius 2 is 2.36 bits per heavy atom. The van der Waals surface area contributed by atoms with Gasteiger partial charge in [0.15, 0.2) is 0 Å². The molecule has 1 aromatic rings. The predicted octanol–water partition coefficient (Wildman–Crippen LogP) is -0.561. The molecule has 0 saturated carbocycles. The molecule has 5 nitrogen and oxygen atoms in total. The summed E-state index contributed by atoms with van der Waals surface area (Å²) in [6.07, 6.45) is 1.46. The highest BCUT2D eigenvalue weighted by molar-refractivity contribution is 5.93. The molecule has 0 fully saturated rings. The molecule has 76 valence electrons. The number of aromatic nitrogens is 1. The van der Waals surface area contributed by atoms with Crippen molar-refractivity contribution in [1.82, 2.24) is 9.88 Å². The van der Waals surface area contributed by atoms with Gasteiger partial charge in [0.2, 0.25) is 0 Å². The summed E-state index contributed by atoms with van der Waals surface area (Å²) in [6, 6.07) is 3.04. The molecule has 1 amide bonds. The van der Waals surface area contributed by atoms with E-state index in [-0.39, 0.29) is 24.6 Å². The number of pyridine rings is 1. The molecule has 0 saturated heterocycles. The molecule has 0 bridgehead atoms. The van der Waals surface area contributed by atoms with Gasteiger partial charge in [-0.1, -0.05) is 0 Å². The van der Waals surface area contributed by atoms with Gasteiger partial charge in [0, 0.05) is 19.8 Å². The molecule has 14 heavy (non-hydrogen) atoms. The largest absolute Gasteiger partial charge is 0.395 e. The van der Waals surface area contributed by atoms with Crippen LogP contribution in [0.3, 0.4) is 0 Å². The summed E-state index contributed by atoms with van der Waals surface area (Å²) in [5.74, 6) is -0.388. The van der Waals surface area contributed by atoms with E-state index in [1.54, 1.807) is 6.07 Å². The molecule has 0 aliphatic rings. The van der Waals surface area contributed by atoms with Crippen molar-refractivity contribution in [3.63, 3.8) is 0 Å². The third-order valence-corrected chi connectivity index (χ3v) is 1.83. The zero-order chi connectivity index (χ0) is 10.6. The Kier molecular flexibility index (Phi) is 3.41. The summed E-state index contributed by atoms with van der Waals surface area (Å²) in [5, 5.41) is 8.62. The first-order chi connectivity index (χ1) is 6.66. The smallest absolute Gasteiger partial charge is 0.260 e. The summed E-state index contributed by atoms with van der Waals surface area (Å²) >= 11 is 0. The van der Waals surface area contributed by atoms with E-state index in [0.29, 0.717) is 0 Å². The number of amides is 1. The summed E-state index contributed by atoms with van der Waals surface area (Å²) in [7, 11) is 1.53. The number of aliphatic hydroxyl groups excluding tert-OH is 1. The maximum absolute atomic E-state index is 11.6. The van der Waals surface area contributed by atoms with Gasteiger partial charge in [-0.2, -0.15) is 0 Å². The van der Waals surface area contributed by atoms with Crippen LogP contribution in [0.4, 0.5) is 0 Å². The van der Waals surface area contributed by atoms with E-state index in [1.807, 2.05) is 0 Å². The number of carbonyl (C=O) groups is 1. The van der Waals surface area contributed by atoms with Gasteiger partial charge < -0.3 is 15.0 Å². The fourth-order valence-electron chi connectivity index (χ4n) is 1.05. The standard InChI is InChI=1S/C9H12N2O3/c1-11(5-6-12)9(14)7-3-2-4-10-8(7)13/h2-4,12H,5-6H2,1H3,(H,10,13). The van der Waals surface area contributed by atoms with E-state index in [2.05, 4.69) is 4.98 Å². The summed E-state index contributed by atoms with van der Waals surface area (Å²) in [4.78, 5) is 26.5. The van der Waals surface area contributed by atoms with Crippen LogP contribution in [-0.2, 0) is 0 Å². The van der Waals surface area contributed by atoms with Gasteiger partial charge in [-0.05, 0) is 12.1 Å². The number of hydrogen-bond donors (Lipinski definition) is 2. The maximum atomic E-state index is 11.6. The van der Waals surface area contributed by atoms with Crippen molar-refractivity contribution in [3.8, 4) is 0 Å². The number of H-pyrrole nitrogens is 1. The molecule has 1 aromatic heterocycles. The number of nitrogens with zero attached hydrogens (tertiary/aromatic N) is 1. The molecule has 0 spiro atoms. The highest BCUT2D eigenvalue weighted by Gasteiger charge is 2.13. The minimum Gasteiger partial charge on any atom is -0.395 e. The van der Waals surface area contributed by atoms with E-state index >= 15 is 0 Å². The zero-order valence-corrected chi connectivity index (χ0v) is 7.86. The molecular weight excluding hydrogens is 184 g/mol. The Bertz CT molecular complexity index is 372. The second-order valence-corrected chi connectivity index (χ2v) is 2.86. The molecule has 0 unspecified atom stereocenters. The second kappa shape index (κ2) is 4.57. The quantitative estimate of drug-likeness (QED) is 0.680. The van der Waals surface area contributed by atoms with Gasteiger partial charge in [-0.15, -0.1) is 0 Å². The summed E-state index contributed by atoms with van der Waals surface area (Å²) < 4.78 is 0. The van der Waals surface area contributed by atoms with Crippen molar-refractivity contribution in [3.05, 3.63) is 34.2 Å². The highest BCUT2D eigenvalue weighted by atomic mass is 16.3. The van der Waals surface area contributed by atoms with Crippen molar-refractivity contribution in [1.29, 1.82) is 0 Å². The molecule has 0 radical (unpaired) electrons. The van der Waals surface area contributed by atoms with Crippen LogP contribution < -0.4 is 5.56 Å². The van der Waals surface area contributed by atoms with Gasteiger partial charge in [0.25, 0.3) is 11.5 Å². The monoisotopic (exact) mass is 196 g/mol. The lowest BCUT2D eigenvalue weighted by atomic mass is 10.2. The van der Waals surface area contributed by atoms with Crippen molar-refractivity contribution in [2.45, 2.75) is 0 Å². The Morgan fingerprint density at radius 1 is 1.64 bits per heavy atom. The molecule has 2 N–H and O–H groups in total. The lowest BCUT2D eigenvalue weighted by Gasteiger charge is -2.14. The van der Waals surface area contributed by atoms with Gasteiger partial charge in [0.1, 0.15) is 5.56 Å². The predicted molar refractivity (Wildman–Crippen MR) is 51.1 cm³/mol. The molecule has 0 atom stereocenters. The number of nitrogens with one attached hydrogen (secondary N) is 1. The molecule has 1 heterocycles. The minimum atomic E-state index is -0.415. The summed E-state index contributed by atoms with van der Waals surface area (Å²) in [6.45, 7) is 0.0974. The third-order valence-electron chi connectivity index (χ3n) is 1.83. The number of carbonyl (C=O) groups excluding carboxylic acids is 1. The first-order valence-corrected chi connectivity index (χ1v) is 4.21. The van der Waals surface area contributed by atoms with Crippen LogP contribution >= 0.6 is 0 Å². The van der Waals surface area contributed by atoms with Crippen molar-refractivity contribution in [2.75, 3.05) is 20.2 Å². The second-order valence-electron chi connectivity index (χ2n) is 2.86. The molecular formula is C9H12N2O3. The van der Waals surface area contributed by atoms with Crippen molar-refractivity contribution in [2.24, 2.45) is 0 Å². The zero-order valence-electron chi connectivity index (χ0n) is 7.86. The average molecular weight is 196 g/mol. The maximum Gasteiger partial charge on any atom is 0.260 e. The molecule has 0 aliphatic heterocycles. The lowest BCUT2D eigenvalue weighted by Crippen LogP contribution is -2.33. The van der Waals surface area contributed by atoms with Crippen LogP contribution in [0.5, 0.6) is 0 Å². The number of rotatable bonds is 3. The van der Waals surface area contributed by atoms with Crippen LogP contribution in [-0.4, -0.2) is 41.1 Å². The fourth-order valence-corrected chi connectivity index (χ4v) is 1.05. The molecule has 1 rings (SSSR count). The van der Waals surface area contributed by atoms with Gasteiger partial charge in [-0.3, -0.25) is 9.59 Å². The lowest BCUT2D eigenvalue weighted by molar-refractivity contribution is 0.0765. The van der Waals surface area contributed by atoms with Gasteiger partial charge >= 0.3 is 0 Å². The Balaban J connectivity index is 2.90. The minimum absolute atomic E-state index is 0.0865. The third kappa shape index (κ3) is 2.20. The van der Waals surface area contributed by atoms with Crippen LogP contribution in [0.15, 0.2) is 23.1 Å². The number of aliphatic hydroxyl groups is 1. The summed E-state index contributed by atoms with van der Waals surface area (Å²) in [5.41, 5.74) is -0.328. The number of hydrogen-bond acceptors (Lipinski definition) is 3. The molecule has 0 aliphatic carbocycles. The van der Waals surface area contributed by atoms with E-state index in [1.165, 1.54) is 24.2 Å². The first kappa shape index (κ1) is 10.5. The van der Waals surface area contributed by atoms with Crippen LogP contribution in [0.1, 0.15) is 10.4 Å². The Hall–Kier alpha value is -1.62. The van der Waals surface area contributed by atoms with Gasteiger partial charge in [0.05, 0.1) is 6.61 Å². The normalized spacial score (nSPS) is 9.86. The Morgan fingerprint density at radius 3 is 2.93 bits per heavy atom. The van der Waals surface area contributed by atoms with Crippen LogP contribution in [0.2, 0.25) is 0 Å². The Labute approximate surface area is 81.0 Å². The number of aromatic amines is 1. The van der Waals surface area contributed by atoms with Crippen LogP contribution in [0.25, 0.3) is 0 Å². The average Bonchev–Trinajstić information content (AvgIpc) is 2.18. The topological polar surface area (TPSA) is 73.4 Å². The van der Waals surface area contributed by atoms with E-state index < -0.39 is 5.56 Å². The number of likely N-dealkylation sites (N-methyl/N-ethyl adjacent to an activating group) is 1. The highest BCUT2D eigenvalue weighted by Crippen LogP contribution is 1.95. The molecule has 5 heteroatoms. The first-order valence-electron chi connectivity index (χ1n) is 4.21. The van der Waals surface area contributed by atoms with E-state index in [0.717, 1.165) is 0 Å². The van der Waals surface area contributed by atoms with Gasteiger partial charge in [-0.25, -0.2) is 0 Å². The van der Waals surface area contributed by atoms with Crippen molar-refractivity contribution < 1.29 is 9.90 Å². The fraction of sp³-hybridized carbons (Fsp3) is 0.333. The van der Waals surface area contributed by atoms with E-state index in [9.17, 15) is 9.59 Å².